The van der Waals surface area contributed by atoms with E-state index in [1.165, 1.54) is 24.8 Å². The maximum absolute atomic E-state index is 13.3. The molecule has 2 atom stereocenters. The molecule has 1 saturated heterocycles. The maximum Gasteiger partial charge on any atom is 0.250 e. The van der Waals surface area contributed by atoms with Crippen LogP contribution in [-0.2, 0) is 0 Å². The highest BCUT2D eigenvalue weighted by molar-refractivity contribution is 5.27. The zero-order chi connectivity index (χ0) is 15.9. The molecule has 2 unspecified atom stereocenters. The summed E-state index contributed by atoms with van der Waals surface area (Å²) in [4.78, 5) is 2.26. The number of nitrogens with zero attached hydrogens (tertiary/aromatic N) is 1. The summed E-state index contributed by atoms with van der Waals surface area (Å²) in [7, 11) is 0. The fourth-order valence-electron chi connectivity index (χ4n) is 3.92. The zero-order valence-corrected chi connectivity index (χ0v) is 13.6. The van der Waals surface area contributed by atoms with Crippen LogP contribution in [0.2, 0.25) is 0 Å². The van der Waals surface area contributed by atoms with E-state index >= 15 is 0 Å². The topological polar surface area (TPSA) is 15.3 Å². The van der Waals surface area contributed by atoms with Crippen LogP contribution in [0.25, 0.3) is 0 Å². The number of nitrogens with one attached hydrogen (secondary N) is 1. The second-order valence-electron chi connectivity index (χ2n) is 7.87. The third kappa shape index (κ3) is 3.74. The molecule has 1 N–H and O–H groups in total. The van der Waals surface area contributed by atoms with Crippen molar-refractivity contribution in [1.82, 2.24) is 10.2 Å². The van der Waals surface area contributed by atoms with E-state index in [2.05, 4.69) is 40.5 Å². The molecule has 23 heavy (non-hydrogen) atoms. The Morgan fingerprint density at radius 2 is 1.74 bits per heavy atom. The van der Waals surface area contributed by atoms with Crippen molar-refractivity contribution in [3.8, 4) is 0 Å². The largest absolute Gasteiger partial charge is 0.313 e. The Balaban J connectivity index is 1.23. The molecule has 1 heterocycles. The third-order valence-corrected chi connectivity index (χ3v) is 5.86. The Labute approximate surface area is 137 Å². The van der Waals surface area contributed by atoms with Gasteiger partial charge in [0.15, 0.2) is 0 Å². The quantitative estimate of drug-likeness (QED) is 0.861. The van der Waals surface area contributed by atoms with E-state index in [9.17, 15) is 8.78 Å². The normalized spacial score (nSPS) is 31.7. The predicted octanol–water partition coefficient (Wildman–Crippen LogP) is 3.64. The molecule has 0 aromatic heterocycles. The van der Waals surface area contributed by atoms with Gasteiger partial charge in [-0.1, -0.05) is 30.3 Å². The summed E-state index contributed by atoms with van der Waals surface area (Å²) in [5.41, 5.74) is 1.80. The van der Waals surface area contributed by atoms with E-state index < -0.39 is 5.92 Å². The number of benzene rings is 1. The number of hydrogen-bond acceptors (Lipinski definition) is 2. The highest BCUT2D eigenvalue weighted by Gasteiger charge is 2.47. The van der Waals surface area contributed by atoms with Crippen molar-refractivity contribution in [2.24, 2.45) is 5.41 Å². The Hall–Kier alpha value is -1.00. The van der Waals surface area contributed by atoms with E-state index in [1.54, 1.807) is 0 Å². The number of halogens is 2. The van der Waals surface area contributed by atoms with Gasteiger partial charge in [0.2, 0.25) is 0 Å². The van der Waals surface area contributed by atoms with Crippen molar-refractivity contribution in [3.63, 3.8) is 0 Å². The van der Waals surface area contributed by atoms with Crippen molar-refractivity contribution < 1.29 is 8.78 Å². The van der Waals surface area contributed by atoms with Crippen molar-refractivity contribution >= 4 is 0 Å². The van der Waals surface area contributed by atoms with Gasteiger partial charge in [0.25, 0.3) is 5.92 Å². The molecule has 1 aromatic carbocycles. The number of likely N-dealkylation sites (tertiary alicyclic amines) is 1. The van der Waals surface area contributed by atoms with E-state index in [4.69, 9.17) is 0 Å². The molecule has 126 valence electrons. The molecule has 0 radical (unpaired) electrons. The van der Waals surface area contributed by atoms with Crippen molar-refractivity contribution in [2.45, 2.75) is 50.0 Å². The Bertz CT molecular complexity index is 532. The number of rotatable bonds is 6. The molecule has 4 rings (SSSR count). The fraction of sp³-hybridized carbons (Fsp3) is 0.684. The van der Waals surface area contributed by atoms with E-state index in [-0.39, 0.29) is 12.8 Å². The summed E-state index contributed by atoms with van der Waals surface area (Å²) in [6.07, 6.45) is 3.80. The lowest BCUT2D eigenvalue weighted by atomic mass is 10.0. The second kappa shape index (κ2) is 5.82. The minimum absolute atomic E-state index is 0.0369. The van der Waals surface area contributed by atoms with Gasteiger partial charge in [-0.3, -0.25) is 0 Å². The van der Waals surface area contributed by atoms with Crippen molar-refractivity contribution in [1.29, 1.82) is 0 Å². The first-order valence-electron chi connectivity index (χ1n) is 8.94. The van der Waals surface area contributed by atoms with E-state index in [0.717, 1.165) is 13.1 Å². The lowest BCUT2D eigenvalue weighted by molar-refractivity contribution is -0.0580. The summed E-state index contributed by atoms with van der Waals surface area (Å²) >= 11 is 0. The minimum atomic E-state index is -2.43. The highest BCUT2D eigenvalue weighted by Crippen LogP contribution is 2.48. The van der Waals surface area contributed by atoms with Gasteiger partial charge in [0.05, 0.1) is 0 Å². The highest BCUT2D eigenvalue weighted by atomic mass is 19.3. The van der Waals surface area contributed by atoms with Crippen LogP contribution in [0.15, 0.2) is 30.3 Å². The first kappa shape index (κ1) is 15.5. The molecule has 3 fully saturated rings. The van der Waals surface area contributed by atoms with Gasteiger partial charge in [-0.25, -0.2) is 8.78 Å². The summed E-state index contributed by atoms with van der Waals surface area (Å²) in [5, 5.41) is 3.74. The smallest absolute Gasteiger partial charge is 0.250 e. The number of alkyl halides is 2. The average molecular weight is 320 g/mol. The molecule has 0 bridgehead atoms. The molecule has 1 aromatic rings. The van der Waals surface area contributed by atoms with E-state index in [0.29, 0.717) is 30.5 Å². The van der Waals surface area contributed by atoms with Gasteiger partial charge in [-0.15, -0.1) is 0 Å². The van der Waals surface area contributed by atoms with Crippen LogP contribution in [0.5, 0.6) is 0 Å². The SMILES string of the molecule is FC1(F)CCN(CC2(CNC3CC3c3ccccc3)CC2)CC1. The summed E-state index contributed by atoms with van der Waals surface area (Å²) < 4.78 is 26.5. The zero-order valence-electron chi connectivity index (χ0n) is 13.6. The van der Waals surface area contributed by atoms with Crippen molar-refractivity contribution in [3.05, 3.63) is 35.9 Å². The molecule has 2 aliphatic carbocycles. The monoisotopic (exact) mass is 320 g/mol. The second-order valence-corrected chi connectivity index (χ2v) is 7.87. The van der Waals surface area contributed by atoms with Crippen LogP contribution in [-0.4, -0.2) is 43.0 Å². The lowest BCUT2D eigenvalue weighted by Crippen LogP contribution is -2.44. The van der Waals surface area contributed by atoms with Gasteiger partial charge >= 0.3 is 0 Å². The first-order chi connectivity index (χ1) is 11.1. The third-order valence-electron chi connectivity index (χ3n) is 5.86. The van der Waals surface area contributed by atoms with Gasteiger partial charge in [0.1, 0.15) is 0 Å². The van der Waals surface area contributed by atoms with Crippen molar-refractivity contribution in [2.75, 3.05) is 26.2 Å². The molecule has 4 heteroatoms. The van der Waals surface area contributed by atoms with Gasteiger partial charge in [0, 0.05) is 51.0 Å². The fourth-order valence-corrected chi connectivity index (χ4v) is 3.92. The Morgan fingerprint density at radius 3 is 2.39 bits per heavy atom. The summed E-state index contributed by atoms with van der Waals surface area (Å²) in [5.74, 6) is -1.76. The lowest BCUT2D eigenvalue weighted by Gasteiger charge is -2.34. The molecule has 3 aliphatic rings. The summed E-state index contributed by atoms with van der Waals surface area (Å²) in [6, 6.07) is 11.3. The summed E-state index contributed by atoms with van der Waals surface area (Å²) in [6.45, 7) is 3.17. The van der Waals surface area contributed by atoms with Crippen LogP contribution >= 0.6 is 0 Å². The molecular formula is C19H26F2N2. The molecule has 0 spiro atoms. The Kier molecular flexibility index (Phi) is 3.93. The maximum atomic E-state index is 13.3. The van der Waals surface area contributed by atoms with Gasteiger partial charge in [-0.2, -0.15) is 0 Å². The molecule has 1 aliphatic heterocycles. The standard InChI is InChI=1S/C19H26F2N2/c20-19(21)8-10-23(11-9-19)14-18(6-7-18)13-22-17-12-16(17)15-4-2-1-3-5-15/h1-5,16-17,22H,6-14H2. The number of hydrogen-bond donors (Lipinski definition) is 1. The van der Waals surface area contributed by atoms with E-state index in [1.807, 2.05) is 0 Å². The molecular weight excluding hydrogens is 294 g/mol. The van der Waals surface area contributed by atoms with Gasteiger partial charge < -0.3 is 10.2 Å². The van der Waals surface area contributed by atoms with Crippen LogP contribution < -0.4 is 5.32 Å². The van der Waals surface area contributed by atoms with Crippen LogP contribution in [0.1, 0.15) is 43.6 Å². The Morgan fingerprint density at radius 1 is 1.04 bits per heavy atom. The first-order valence-corrected chi connectivity index (χ1v) is 8.94. The van der Waals surface area contributed by atoms with Crippen LogP contribution in [0.4, 0.5) is 8.78 Å². The minimum Gasteiger partial charge on any atom is -0.313 e. The van der Waals surface area contributed by atoms with Gasteiger partial charge in [-0.05, 0) is 30.2 Å². The average Bonchev–Trinajstić information content (AvgIpc) is 3.45. The number of piperidine rings is 1. The van der Waals surface area contributed by atoms with Crippen LogP contribution in [0.3, 0.4) is 0 Å². The molecule has 2 nitrogen and oxygen atoms in total. The van der Waals surface area contributed by atoms with Crippen LogP contribution in [0, 0.1) is 5.41 Å². The molecule has 0 amide bonds. The predicted molar refractivity (Wildman–Crippen MR) is 87.9 cm³/mol. The molecule has 2 saturated carbocycles.